The predicted molar refractivity (Wildman–Crippen MR) is 85.4 cm³/mol. The molecule has 3 rings (SSSR count). The van der Waals surface area contributed by atoms with E-state index in [1.165, 1.54) is 5.56 Å². The normalized spacial score (nSPS) is 16.0. The van der Waals surface area contributed by atoms with Crippen molar-refractivity contribution < 1.29 is 4.79 Å². The maximum absolute atomic E-state index is 12.4. The van der Waals surface area contributed by atoms with E-state index in [4.69, 9.17) is 0 Å². The highest BCUT2D eigenvalue weighted by Gasteiger charge is 2.24. The van der Waals surface area contributed by atoms with E-state index in [-0.39, 0.29) is 5.91 Å². The number of hydrogen-bond acceptors (Lipinski definition) is 5. The largest absolute Gasteiger partial charge is 0.341 e. The molecular weight excluding hydrogens is 292 g/mol. The Labute approximate surface area is 135 Å². The second-order valence-corrected chi connectivity index (χ2v) is 6.05. The Morgan fingerprint density at radius 1 is 1.22 bits per heavy atom. The summed E-state index contributed by atoms with van der Waals surface area (Å²) >= 11 is 0. The third-order valence-corrected chi connectivity index (χ3v) is 4.28. The van der Waals surface area contributed by atoms with Gasteiger partial charge in [-0.1, -0.05) is 0 Å². The highest BCUT2D eigenvalue weighted by atomic mass is 16.2. The van der Waals surface area contributed by atoms with Crippen molar-refractivity contribution in [3.05, 3.63) is 42.7 Å². The molecule has 0 aliphatic carbocycles. The van der Waals surface area contributed by atoms with Gasteiger partial charge >= 0.3 is 0 Å². The van der Waals surface area contributed by atoms with Crippen LogP contribution >= 0.6 is 0 Å². The molecule has 0 radical (unpaired) electrons. The fraction of sp³-hybridized carbons (Fsp3) is 0.500. The van der Waals surface area contributed by atoms with Crippen LogP contribution < -0.4 is 0 Å². The molecule has 0 saturated carbocycles. The molecule has 1 amide bonds. The zero-order chi connectivity index (χ0) is 16.1. The molecule has 0 unspecified atom stereocenters. The maximum atomic E-state index is 12.4. The van der Waals surface area contributed by atoms with Crippen LogP contribution in [0.15, 0.2) is 37.2 Å². The van der Waals surface area contributed by atoms with Crippen LogP contribution in [0.2, 0.25) is 0 Å². The molecular formula is C16H22N6O. The molecule has 0 bridgehead atoms. The van der Waals surface area contributed by atoms with E-state index in [0.29, 0.717) is 12.6 Å². The first-order chi connectivity index (χ1) is 11.2. The molecule has 0 spiro atoms. The van der Waals surface area contributed by atoms with Crippen molar-refractivity contribution >= 4 is 5.91 Å². The summed E-state index contributed by atoms with van der Waals surface area (Å²) < 4.78 is 2.04. The minimum Gasteiger partial charge on any atom is -0.341 e. The smallest absolute Gasteiger partial charge is 0.236 e. The molecule has 1 aliphatic rings. The van der Waals surface area contributed by atoms with E-state index in [9.17, 15) is 4.79 Å². The lowest BCUT2D eigenvalue weighted by molar-refractivity contribution is -0.133. The van der Waals surface area contributed by atoms with Crippen molar-refractivity contribution in [2.45, 2.75) is 25.4 Å². The minimum atomic E-state index is 0.198. The number of likely N-dealkylation sites (N-methyl/N-ethyl adjacent to an activating group) is 1. The molecule has 1 aliphatic heterocycles. The van der Waals surface area contributed by atoms with Crippen LogP contribution in [0, 0.1) is 0 Å². The Morgan fingerprint density at radius 3 is 2.52 bits per heavy atom. The Kier molecular flexibility index (Phi) is 4.97. The molecule has 0 N–H and O–H groups in total. The number of amides is 1. The van der Waals surface area contributed by atoms with Crippen LogP contribution in [0.25, 0.3) is 0 Å². The fourth-order valence-electron chi connectivity index (χ4n) is 3.00. The van der Waals surface area contributed by atoms with Gasteiger partial charge in [-0.3, -0.25) is 14.7 Å². The zero-order valence-corrected chi connectivity index (χ0v) is 13.4. The van der Waals surface area contributed by atoms with Crippen LogP contribution in [-0.2, 0) is 11.3 Å². The summed E-state index contributed by atoms with van der Waals surface area (Å²) in [7, 11) is 1.97. The number of aromatic nitrogens is 4. The quantitative estimate of drug-likeness (QED) is 0.822. The number of rotatable bonds is 5. The zero-order valence-electron chi connectivity index (χ0n) is 13.4. The maximum Gasteiger partial charge on any atom is 0.236 e. The molecule has 1 saturated heterocycles. The molecule has 7 heteroatoms. The Bertz CT molecular complexity index is 607. The standard InChI is InChI=1S/C16H22N6O/c1-20(10-14-2-6-17-7-3-14)11-16(23)21-8-4-15(5-9-21)22-12-18-19-13-22/h2-3,6-7,12-13,15H,4-5,8-11H2,1H3. The number of carbonyl (C=O) groups is 1. The highest BCUT2D eigenvalue weighted by molar-refractivity contribution is 5.78. The van der Waals surface area contributed by atoms with Gasteiger partial charge in [0.25, 0.3) is 0 Å². The second-order valence-electron chi connectivity index (χ2n) is 6.05. The summed E-state index contributed by atoms with van der Waals surface area (Å²) in [6.07, 6.45) is 8.98. The van der Waals surface area contributed by atoms with Crippen molar-refractivity contribution in [2.24, 2.45) is 0 Å². The van der Waals surface area contributed by atoms with Gasteiger partial charge in [-0.05, 0) is 37.6 Å². The molecule has 2 aromatic heterocycles. The van der Waals surface area contributed by atoms with Crippen molar-refractivity contribution in [1.29, 1.82) is 0 Å². The van der Waals surface area contributed by atoms with Gasteiger partial charge in [-0.15, -0.1) is 10.2 Å². The monoisotopic (exact) mass is 314 g/mol. The Balaban J connectivity index is 1.46. The van der Waals surface area contributed by atoms with E-state index in [0.717, 1.165) is 32.5 Å². The van der Waals surface area contributed by atoms with Gasteiger partial charge < -0.3 is 9.47 Å². The van der Waals surface area contributed by atoms with Crippen LogP contribution in [0.1, 0.15) is 24.4 Å². The molecule has 0 aromatic carbocycles. The van der Waals surface area contributed by atoms with Gasteiger partial charge in [0.2, 0.25) is 5.91 Å². The lowest BCUT2D eigenvalue weighted by Crippen LogP contribution is -2.43. The Morgan fingerprint density at radius 2 is 1.87 bits per heavy atom. The molecule has 1 fully saturated rings. The van der Waals surface area contributed by atoms with Gasteiger partial charge in [-0.2, -0.15) is 0 Å². The topological polar surface area (TPSA) is 67.2 Å². The average Bonchev–Trinajstić information content (AvgIpc) is 3.10. The van der Waals surface area contributed by atoms with Crippen molar-refractivity contribution in [1.82, 2.24) is 29.5 Å². The number of pyridine rings is 1. The SMILES string of the molecule is CN(CC(=O)N1CCC(n2cnnc2)CC1)Cc1ccncc1. The lowest BCUT2D eigenvalue weighted by Gasteiger charge is -2.33. The number of carbonyl (C=O) groups excluding carboxylic acids is 1. The van der Waals surface area contributed by atoms with Gasteiger partial charge in [0.05, 0.1) is 6.54 Å². The van der Waals surface area contributed by atoms with Gasteiger partial charge in [0.15, 0.2) is 0 Å². The summed E-state index contributed by atoms with van der Waals surface area (Å²) in [6, 6.07) is 4.36. The lowest BCUT2D eigenvalue weighted by atomic mass is 10.0. The third-order valence-electron chi connectivity index (χ3n) is 4.28. The number of piperidine rings is 1. The molecule has 2 aromatic rings. The van der Waals surface area contributed by atoms with Crippen LogP contribution in [-0.4, -0.2) is 62.1 Å². The summed E-state index contributed by atoms with van der Waals surface area (Å²) in [5, 5.41) is 7.70. The van der Waals surface area contributed by atoms with Gasteiger partial charge in [0, 0.05) is 38.1 Å². The number of hydrogen-bond donors (Lipinski definition) is 0. The van der Waals surface area contributed by atoms with Gasteiger partial charge in [-0.25, -0.2) is 0 Å². The molecule has 23 heavy (non-hydrogen) atoms. The average molecular weight is 314 g/mol. The Hall–Kier alpha value is -2.28. The van der Waals surface area contributed by atoms with Crippen molar-refractivity contribution in [3.8, 4) is 0 Å². The van der Waals surface area contributed by atoms with E-state index in [2.05, 4.69) is 15.2 Å². The number of likely N-dealkylation sites (tertiary alicyclic amines) is 1. The molecule has 122 valence electrons. The summed E-state index contributed by atoms with van der Waals surface area (Å²) in [5.74, 6) is 0.198. The summed E-state index contributed by atoms with van der Waals surface area (Å²) in [5.41, 5.74) is 1.17. The first-order valence-electron chi connectivity index (χ1n) is 7.91. The van der Waals surface area contributed by atoms with Crippen LogP contribution in [0.5, 0.6) is 0 Å². The van der Waals surface area contributed by atoms with E-state index >= 15 is 0 Å². The summed E-state index contributed by atoms with van der Waals surface area (Å²) in [4.78, 5) is 20.5. The summed E-state index contributed by atoms with van der Waals surface area (Å²) in [6.45, 7) is 2.79. The highest BCUT2D eigenvalue weighted by Crippen LogP contribution is 2.21. The minimum absolute atomic E-state index is 0.198. The van der Waals surface area contributed by atoms with Gasteiger partial charge in [0.1, 0.15) is 12.7 Å². The second kappa shape index (κ2) is 7.32. The fourth-order valence-corrected chi connectivity index (χ4v) is 3.00. The number of nitrogens with zero attached hydrogens (tertiary/aromatic N) is 6. The van der Waals surface area contributed by atoms with Crippen molar-refractivity contribution in [2.75, 3.05) is 26.7 Å². The first kappa shape index (κ1) is 15.6. The van der Waals surface area contributed by atoms with Crippen molar-refractivity contribution in [3.63, 3.8) is 0 Å². The molecule has 3 heterocycles. The van der Waals surface area contributed by atoms with E-state index in [1.807, 2.05) is 33.5 Å². The van der Waals surface area contributed by atoms with Crippen LogP contribution in [0.3, 0.4) is 0 Å². The third kappa shape index (κ3) is 4.13. The molecule has 0 atom stereocenters. The molecule has 7 nitrogen and oxygen atoms in total. The van der Waals surface area contributed by atoms with E-state index in [1.54, 1.807) is 25.0 Å². The first-order valence-corrected chi connectivity index (χ1v) is 7.91. The predicted octanol–water partition coefficient (Wildman–Crippen LogP) is 0.969. The van der Waals surface area contributed by atoms with Crippen LogP contribution in [0.4, 0.5) is 0 Å². The van der Waals surface area contributed by atoms with E-state index < -0.39 is 0 Å².